The van der Waals surface area contributed by atoms with Crippen LogP contribution in [0.25, 0.3) is 0 Å². The van der Waals surface area contributed by atoms with Crippen LogP contribution in [-0.2, 0) is 0 Å². The topological polar surface area (TPSA) is 48.5 Å². The lowest BCUT2D eigenvalue weighted by Crippen LogP contribution is -2.48. The second-order valence-electron chi connectivity index (χ2n) is 5.66. The van der Waals surface area contributed by atoms with Crippen molar-refractivity contribution in [2.24, 2.45) is 0 Å². The number of amides is 1. The van der Waals surface area contributed by atoms with Crippen molar-refractivity contribution in [1.29, 1.82) is 0 Å². The Morgan fingerprint density at radius 1 is 0.960 bits per heavy atom. The van der Waals surface area contributed by atoms with Gasteiger partial charge in [0.2, 0.25) is 0 Å². The predicted octanol–water partition coefficient (Wildman–Crippen LogP) is 2.48. The Hall–Kier alpha value is -1.82. The van der Waals surface area contributed by atoms with Gasteiger partial charge in [0.05, 0.1) is 0 Å². The van der Waals surface area contributed by atoms with Gasteiger partial charge in [0.25, 0.3) is 5.91 Å². The highest BCUT2D eigenvalue weighted by molar-refractivity contribution is 5.94. The molecule has 1 aliphatic heterocycles. The Morgan fingerprint density at radius 3 is 2.24 bits per heavy atom. The van der Waals surface area contributed by atoms with Crippen LogP contribution in [0.2, 0.25) is 0 Å². The summed E-state index contributed by atoms with van der Waals surface area (Å²) in [5.41, 5.74) is 1.95. The molecule has 1 aliphatic rings. The number of aromatic nitrogens is 1. The van der Waals surface area contributed by atoms with E-state index in [0.717, 1.165) is 38.3 Å². The van der Waals surface area contributed by atoms with E-state index in [2.05, 4.69) is 32.2 Å². The largest absolute Gasteiger partial charge is 0.369 e. The van der Waals surface area contributed by atoms with E-state index >= 15 is 0 Å². The van der Waals surface area contributed by atoms with Crippen LogP contribution in [0.1, 0.15) is 10.4 Å². The average molecular weight is 383 g/mol. The van der Waals surface area contributed by atoms with Gasteiger partial charge in [-0.25, -0.2) is 0 Å². The molecule has 1 N–H and O–H groups in total. The summed E-state index contributed by atoms with van der Waals surface area (Å²) < 4.78 is 0. The zero-order valence-corrected chi connectivity index (χ0v) is 15.6. The first kappa shape index (κ1) is 21.2. The second kappa shape index (κ2) is 10.9. The molecule has 1 amide bonds. The smallest absolute Gasteiger partial charge is 0.251 e. The lowest BCUT2D eigenvalue weighted by molar-refractivity contribution is 0.0948. The summed E-state index contributed by atoms with van der Waals surface area (Å²) in [5.74, 6) is 0.000946. The zero-order chi connectivity index (χ0) is 15.9. The van der Waals surface area contributed by atoms with Crippen molar-refractivity contribution in [3.8, 4) is 0 Å². The van der Waals surface area contributed by atoms with Crippen LogP contribution >= 0.6 is 24.8 Å². The van der Waals surface area contributed by atoms with E-state index in [1.54, 1.807) is 0 Å². The molecule has 2 aromatic rings. The van der Waals surface area contributed by atoms with Gasteiger partial charge in [-0.2, -0.15) is 0 Å². The highest BCUT2D eigenvalue weighted by atomic mass is 35.5. The Morgan fingerprint density at radius 2 is 1.60 bits per heavy atom. The van der Waals surface area contributed by atoms with Gasteiger partial charge in [-0.15, -0.1) is 24.8 Å². The third-order valence-electron chi connectivity index (χ3n) is 4.15. The van der Waals surface area contributed by atoms with Crippen LogP contribution in [0, 0.1) is 0 Å². The number of anilines is 1. The molecule has 2 heterocycles. The van der Waals surface area contributed by atoms with Gasteiger partial charge in [0.1, 0.15) is 0 Å². The first-order valence-corrected chi connectivity index (χ1v) is 8.03. The van der Waals surface area contributed by atoms with Crippen molar-refractivity contribution in [2.75, 3.05) is 44.2 Å². The summed E-state index contributed by atoms with van der Waals surface area (Å²) in [4.78, 5) is 20.8. The van der Waals surface area contributed by atoms with Crippen molar-refractivity contribution in [3.05, 3.63) is 60.4 Å². The number of hydrogen-bond acceptors (Lipinski definition) is 4. The van der Waals surface area contributed by atoms with Gasteiger partial charge < -0.3 is 10.2 Å². The van der Waals surface area contributed by atoms with Gasteiger partial charge in [0.15, 0.2) is 0 Å². The summed E-state index contributed by atoms with van der Waals surface area (Å²) in [6.45, 7) is 5.63. The average Bonchev–Trinajstić information content (AvgIpc) is 2.64. The van der Waals surface area contributed by atoms with Crippen LogP contribution in [0.4, 0.5) is 5.69 Å². The number of piperazine rings is 1. The van der Waals surface area contributed by atoms with E-state index in [1.807, 2.05) is 42.7 Å². The van der Waals surface area contributed by atoms with Crippen molar-refractivity contribution in [3.63, 3.8) is 0 Å². The van der Waals surface area contributed by atoms with Crippen LogP contribution in [0.5, 0.6) is 0 Å². The third kappa shape index (κ3) is 6.20. The van der Waals surface area contributed by atoms with Gasteiger partial charge in [0, 0.05) is 62.9 Å². The molecular formula is C18H24Cl2N4O. The third-order valence-corrected chi connectivity index (χ3v) is 4.15. The second-order valence-corrected chi connectivity index (χ2v) is 5.66. The number of nitrogens with zero attached hydrogens (tertiary/aromatic N) is 3. The van der Waals surface area contributed by atoms with Crippen LogP contribution in [-0.4, -0.2) is 55.1 Å². The maximum Gasteiger partial charge on any atom is 0.251 e. The number of benzene rings is 1. The predicted molar refractivity (Wildman–Crippen MR) is 106 cm³/mol. The minimum absolute atomic E-state index is 0. The van der Waals surface area contributed by atoms with E-state index in [1.165, 1.54) is 5.69 Å². The van der Waals surface area contributed by atoms with Gasteiger partial charge in [-0.3, -0.25) is 14.7 Å². The normalized spacial score (nSPS) is 14.2. The molecule has 0 aliphatic carbocycles. The molecule has 1 aromatic carbocycles. The van der Waals surface area contributed by atoms with E-state index in [9.17, 15) is 4.79 Å². The molecule has 0 unspecified atom stereocenters. The van der Waals surface area contributed by atoms with E-state index < -0.39 is 0 Å². The van der Waals surface area contributed by atoms with Crippen LogP contribution in [0.3, 0.4) is 0 Å². The van der Waals surface area contributed by atoms with Crippen molar-refractivity contribution in [2.45, 2.75) is 0 Å². The highest BCUT2D eigenvalue weighted by Gasteiger charge is 2.16. The fraction of sp³-hybridized carbons (Fsp3) is 0.333. The molecule has 7 heteroatoms. The number of rotatable bonds is 5. The van der Waals surface area contributed by atoms with Gasteiger partial charge in [-0.05, 0) is 24.3 Å². The summed E-state index contributed by atoms with van der Waals surface area (Å²) in [7, 11) is 0. The molecule has 1 fully saturated rings. The van der Waals surface area contributed by atoms with Crippen molar-refractivity contribution < 1.29 is 4.79 Å². The molecule has 0 spiro atoms. The quantitative estimate of drug-likeness (QED) is 0.862. The lowest BCUT2D eigenvalue weighted by atomic mass is 10.2. The number of nitrogens with one attached hydrogen (secondary N) is 1. The van der Waals surface area contributed by atoms with Crippen molar-refractivity contribution >= 4 is 36.4 Å². The number of hydrogen-bond donors (Lipinski definition) is 1. The first-order valence-electron chi connectivity index (χ1n) is 8.03. The highest BCUT2D eigenvalue weighted by Crippen LogP contribution is 2.14. The fourth-order valence-corrected chi connectivity index (χ4v) is 2.80. The van der Waals surface area contributed by atoms with E-state index in [-0.39, 0.29) is 30.7 Å². The molecule has 3 rings (SSSR count). The first-order chi connectivity index (χ1) is 11.3. The number of pyridine rings is 1. The fourth-order valence-electron chi connectivity index (χ4n) is 2.80. The molecular weight excluding hydrogens is 359 g/mol. The Balaban J connectivity index is 0.00000156. The number of carbonyl (C=O) groups excluding carboxylic acids is 1. The summed E-state index contributed by atoms with van der Waals surface area (Å²) in [5, 5.41) is 2.99. The Kier molecular flexibility index (Phi) is 9.27. The van der Waals surface area contributed by atoms with Crippen molar-refractivity contribution in [1.82, 2.24) is 15.2 Å². The van der Waals surface area contributed by atoms with Gasteiger partial charge in [-0.1, -0.05) is 18.2 Å². The van der Waals surface area contributed by atoms with E-state index in [0.29, 0.717) is 6.54 Å². The SMILES string of the molecule is Cl.Cl.O=C(NCCN1CCN(c2ccncc2)CC1)c1ccccc1. The molecule has 0 atom stereocenters. The molecule has 1 saturated heterocycles. The molecule has 136 valence electrons. The molecule has 0 saturated carbocycles. The molecule has 0 radical (unpaired) electrons. The zero-order valence-electron chi connectivity index (χ0n) is 14.0. The summed E-state index contributed by atoms with van der Waals surface area (Å²) in [6.07, 6.45) is 3.67. The minimum atomic E-state index is 0. The lowest BCUT2D eigenvalue weighted by Gasteiger charge is -2.36. The maximum absolute atomic E-state index is 12.0. The Labute approximate surface area is 161 Å². The van der Waals surface area contributed by atoms with E-state index in [4.69, 9.17) is 0 Å². The van der Waals surface area contributed by atoms with Crippen LogP contribution in [0.15, 0.2) is 54.9 Å². The molecule has 5 nitrogen and oxygen atoms in total. The standard InChI is InChI=1S/C18H22N4O.2ClH/c23-18(16-4-2-1-3-5-16)20-10-11-21-12-14-22(15-13-21)17-6-8-19-9-7-17;;/h1-9H,10-15H2,(H,20,23);2*1H. The summed E-state index contributed by atoms with van der Waals surface area (Å²) in [6, 6.07) is 13.5. The molecule has 0 bridgehead atoms. The number of carbonyl (C=O) groups is 1. The Bertz CT molecular complexity index is 619. The maximum atomic E-state index is 12.0. The summed E-state index contributed by atoms with van der Waals surface area (Å²) >= 11 is 0. The molecule has 1 aromatic heterocycles. The minimum Gasteiger partial charge on any atom is -0.369 e. The molecule has 25 heavy (non-hydrogen) atoms. The monoisotopic (exact) mass is 382 g/mol. The van der Waals surface area contributed by atoms with Gasteiger partial charge >= 0.3 is 0 Å². The number of halogens is 2. The van der Waals surface area contributed by atoms with Crippen LogP contribution < -0.4 is 10.2 Å².